The van der Waals surface area contributed by atoms with Crippen molar-refractivity contribution in [2.75, 3.05) is 52.5 Å². The van der Waals surface area contributed by atoms with E-state index in [1.165, 1.54) is 6.20 Å². The topological polar surface area (TPSA) is 102 Å². The molecule has 3 aliphatic heterocycles. The zero-order valence-corrected chi connectivity index (χ0v) is 26.2. The Kier molecular flexibility index (Phi) is 12.5. The monoisotopic (exact) mass is 592 g/mol. The van der Waals surface area contributed by atoms with Gasteiger partial charge in [-0.1, -0.05) is 33.8 Å². The van der Waals surface area contributed by atoms with E-state index < -0.39 is 0 Å². The van der Waals surface area contributed by atoms with Gasteiger partial charge in [0.25, 0.3) is 0 Å². The first-order chi connectivity index (χ1) is 20.7. The van der Waals surface area contributed by atoms with Crippen molar-refractivity contribution in [3.8, 4) is 0 Å². The molecule has 0 atom stereocenters. The van der Waals surface area contributed by atoms with Crippen molar-refractivity contribution >= 4 is 17.9 Å². The molecular weight excluding hydrogens is 544 g/mol. The second-order valence-electron chi connectivity index (χ2n) is 12.8. The Hall–Kier alpha value is -2.85. The molecule has 3 fully saturated rings. The Morgan fingerprint density at radius 2 is 1.23 bits per heavy atom. The number of hydrogen-bond donors (Lipinski definition) is 0. The first-order valence-corrected chi connectivity index (χ1v) is 15.9. The Bertz CT molecular complexity index is 1160. The smallest absolute Gasteiger partial charge is 0.185 e. The van der Waals surface area contributed by atoms with Crippen molar-refractivity contribution in [1.82, 2.24) is 19.8 Å². The maximum atomic E-state index is 12.6. The largest absolute Gasteiger partial charge is 0.346 e. The van der Waals surface area contributed by atoms with Crippen molar-refractivity contribution in [3.63, 3.8) is 0 Å². The summed E-state index contributed by atoms with van der Waals surface area (Å²) in [5.74, 6) is 1.82. The molecule has 0 N–H and O–H groups in total. The third-order valence-electron chi connectivity index (χ3n) is 8.27. The molecular formula is C34H48N4O5. The van der Waals surface area contributed by atoms with Crippen LogP contribution in [0.3, 0.4) is 0 Å². The maximum Gasteiger partial charge on any atom is 0.185 e. The Morgan fingerprint density at radius 1 is 0.767 bits per heavy atom. The van der Waals surface area contributed by atoms with Crippen LogP contribution in [-0.2, 0) is 9.47 Å². The maximum absolute atomic E-state index is 12.6. The van der Waals surface area contributed by atoms with Gasteiger partial charge in [-0.25, -0.2) is 0 Å². The van der Waals surface area contributed by atoms with Crippen LogP contribution in [0.25, 0.3) is 0 Å². The number of rotatable bonds is 10. The zero-order valence-electron chi connectivity index (χ0n) is 26.2. The minimum atomic E-state index is -0.328. The summed E-state index contributed by atoms with van der Waals surface area (Å²) in [6.07, 6.45) is 7.27. The van der Waals surface area contributed by atoms with Gasteiger partial charge in [-0.3, -0.25) is 24.4 Å². The van der Waals surface area contributed by atoms with Gasteiger partial charge in [0.2, 0.25) is 0 Å². The molecule has 3 aliphatic rings. The molecule has 2 aromatic rings. The van der Waals surface area contributed by atoms with Crippen LogP contribution < -0.4 is 0 Å². The van der Waals surface area contributed by atoms with Crippen LogP contribution in [0, 0.1) is 23.7 Å². The molecule has 0 aromatic carbocycles. The van der Waals surface area contributed by atoms with Gasteiger partial charge >= 0.3 is 0 Å². The van der Waals surface area contributed by atoms with Crippen LogP contribution in [-0.4, -0.2) is 90.1 Å². The number of piperidine rings is 2. The Labute approximate surface area is 256 Å². The third-order valence-corrected chi connectivity index (χ3v) is 8.27. The number of Topliss-reactive ketones (excluding diaryl/α,β-unsaturated/α-hetero) is 2. The molecule has 0 amide bonds. The summed E-state index contributed by atoms with van der Waals surface area (Å²) in [5.41, 5.74) is 2.44. The van der Waals surface area contributed by atoms with E-state index in [-0.39, 0.29) is 29.7 Å². The lowest BCUT2D eigenvalue weighted by atomic mass is 9.90. The molecule has 3 saturated heterocycles. The lowest BCUT2D eigenvalue weighted by Gasteiger charge is -2.32. The van der Waals surface area contributed by atoms with Gasteiger partial charge in [0.1, 0.15) is 11.4 Å². The van der Waals surface area contributed by atoms with E-state index in [0.717, 1.165) is 76.8 Å². The molecule has 0 spiro atoms. The van der Waals surface area contributed by atoms with Crippen molar-refractivity contribution < 1.29 is 23.9 Å². The van der Waals surface area contributed by atoms with E-state index in [2.05, 4.69) is 47.5 Å². The van der Waals surface area contributed by atoms with E-state index in [1.54, 1.807) is 18.3 Å². The van der Waals surface area contributed by atoms with Gasteiger partial charge in [0, 0.05) is 48.4 Å². The summed E-state index contributed by atoms with van der Waals surface area (Å²) in [5, 5.41) is 0. The molecule has 234 valence electrons. The fraction of sp³-hybridized carbons (Fsp3) is 0.618. The molecule has 0 bridgehead atoms. The number of likely N-dealkylation sites (tertiary alicyclic amines) is 2. The minimum absolute atomic E-state index is 0.0768. The van der Waals surface area contributed by atoms with Crippen LogP contribution in [0.4, 0.5) is 0 Å². The summed E-state index contributed by atoms with van der Waals surface area (Å²) in [6.45, 7) is 16.4. The van der Waals surface area contributed by atoms with Crippen LogP contribution in [0.5, 0.6) is 0 Å². The van der Waals surface area contributed by atoms with Gasteiger partial charge in [-0.15, -0.1) is 0 Å². The first kappa shape index (κ1) is 33.1. The van der Waals surface area contributed by atoms with E-state index in [0.29, 0.717) is 42.0 Å². The third kappa shape index (κ3) is 9.83. The predicted octanol–water partition coefficient (Wildman–Crippen LogP) is 5.12. The number of pyridine rings is 2. The fourth-order valence-corrected chi connectivity index (χ4v) is 6.07. The highest BCUT2D eigenvalue weighted by Gasteiger charge is 2.28. The summed E-state index contributed by atoms with van der Waals surface area (Å²) in [7, 11) is 0. The molecule has 0 aliphatic carbocycles. The fourth-order valence-electron chi connectivity index (χ4n) is 6.07. The van der Waals surface area contributed by atoms with Gasteiger partial charge in [0.15, 0.2) is 24.1 Å². The van der Waals surface area contributed by atoms with E-state index in [9.17, 15) is 14.4 Å². The molecule has 5 heterocycles. The molecule has 0 radical (unpaired) electrons. The van der Waals surface area contributed by atoms with Crippen LogP contribution >= 0.6 is 0 Å². The molecule has 43 heavy (non-hydrogen) atoms. The summed E-state index contributed by atoms with van der Waals surface area (Å²) in [6, 6.07) is 7.01. The lowest BCUT2D eigenvalue weighted by molar-refractivity contribution is -0.0443. The standard InChI is InChI=1S/C18H26N2O3.C16H22N2O2/c1-13(2)12-20-7-5-14(6-8-20)17(21)16-4-3-15(11-19-16)18-22-9-10-23-18;1-12(2)10-18-7-5-14(6-8-18)16(20)15-4-3-13(11-19)9-17-15/h3-4,11,13-14,18H,5-10,12H2,1-2H3;3-4,9,11-12,14H,5-8,10H2,1-2H3. The molecule has 0 unspecified atom stereocenters. The molecule has 5 rings (SSSR count). The normalized spacial score (nSPS) is 19.4. The highest BCUT2D eigenvalue weighted by atomic mass is 16.7. The number of aromatic nitrogens is 2. The quantitative estimate of drug-likeness (QED) is 0.275. The highest BCUT2D eigenvalue weighted by molar-refractivity contribution is 5.96. The van der Waals surface area contributed by atoms with Crippen LogP contribution in [0.1, 0.15) is 96.6 Å². The number of hydrogen-bond acceptors (Lipinski definition) is 9. The van der Waals surface area contributed by atoms with Crippen molar-refractivity contribution in [2.45, 2.75) is 59.7 Å². The van der Waals surface area contributed by atoms with Gasteiger partial charge in [-0.2, -0.15) is 0 Å². The average molecular weight is 593 g/mol. The number of ether oxygens (including phenoxy) is 2. The number of carbonyl (C=O) groups is 3. The summed E-state index contributed by atoms with van der Waals surface area (Å²) in [4.78, 5) is 48.9. The van der Waals surface area contributed by atoms with Crippen molar-refractivity contribution in [2.24, 2.45) is 23.7 Å². The second-order valence-corrected chi connectivity index (χ2v) is 12.8. The van der Waals surface area contributed by atoms with Crippen LogP contribution in [0.2, 0.25) is 0 Å². The number of nitrogens with zero attached hydrogens (tertiary/aromatic N) is 4. The highest BCUT2D eigenvalue weighted by Crippen LogP contribution is 2.25. The van der Waals surface area contributed by atoms with Crippen molar-refractivity contribution in [3.05, 3.63) is 59.2 Å². The average Bonchev–Trinajstić information content (AvgIpc) is 3.56. The summed E-state index contributed by atoms with van der Waals surface area (Å²) < 4.78 is 10.9. The Balaban J connectivity index is 0.000000199. The molecule has 2 aromatic heterocycles. The Morgan fingerprint density at radius 3 is 1.60 bits per heavy atom. The molecule has 0 saturated carbocycles. The van der Waals surface area contributed by atoms with Gasteiger partial charge < -0.3 is 19.3 Å². The SMILES string of the molecule is CC(C)CN1CCC(C(=O)c2ccc(C3OCCO3)cn2)CC1.CC(C)CN1CCC(C(=O)c2ccc(C=O)cn2)CC1. The van der Waals surface area contributed by atoms with Crippen LogP contribution in [0.15, 0.2) is 36.7 Å². The zero-order chi connectivity index (χ0) is 30.8. The molecule has 9 nitrogen and oxygen atoms in total. The number of carbonyl (C=O) groups excluding carboxylic acids is 3. The predicted molar refractivity (Wildman–Crippen MR) is 165 cm³/mol. The molecule has 9 heteroatoms. The van der Waals surface area contributed by atoms with E-state index in [4.69, 9.17) is 9.47 Å². The van der Waals surface area contributed by atoms with Crippen molar-refractivity contribution in [1.29, 1.82) is 0 Å². The van der Waals surface area contributed by atoms with E-state index >= 15 is 0 Å². The van der Waals surface area contributed by atoms with Gasteiger partial charge in [0.05, 0.1) is 13.2 Å². The van der Waals surface area contributed by atoms with E-state index in [1.807, 2.05) is 12.1 Å². The number of ketones is 2. The minimum Gasteiger partial charge on any atom is -0.346 e. The second kappa shape index (κ2) is 16.3. The van der Waals surface area contributed by atoms with Gasteiger partial charge in [-0.05, 0) is 81.9 Å². The lowest BCUT2D eigenvalue weighted by Crippen LogP contribution is -2.38. The number of aldehydes is 1. The first-order valence-electron chi connectivity index (χ1n) is 15.9. The summed E-state index contributed by atoms with van der Waals surface area (Å²) >= 11 is 0.